The molecule has 1 N–H and O–H groups in total. The Labute approximate surface area is 207 Å². The second-order valence-electron chi connectivity index (χ2n) is 8.34. The van der Waals surface area contributed by atoms with Gasteiger partial charge >= 0.3 is 29.6 Å². The zero-order valence-corrected chi connectivity index (χ0v) is 22.1. The van der Waals surface area contributed by atoms with Gasteiger partial charge in [0, 0.05) is 0 Å². The summed E-state index contributed by atoms with van der Waals surface area (Å²) in [5, 5.41) is 11.6. The molecular weight excluding hydrogens is 407 g/mol. The topological polar surface area (TPSA) is 77.4 Å². The van der Waals surface area contributed by atoms with Crippen molar-refractivity contribution < 1.29 is 47.6 Å². The first-order chi connectivity index (χ1) is 13.9. The smallest absolute Gasteiger partial charge is 0.872 e. The monoisotopic (exact) mass is 448 g/mol. The molecule has 6 heteroatoms. The van der Waals surface area contributed by atoms with E-state index in [1.165, 1.54) is 102 Å². The van der Waals surface area contributed by atoms with E-state index in [1.807, 2.05) is 0 Å². The van der Waals surface area contributed by atoms with E-state index in [4.69, 9.17) is 4.55 Å². The van der Waals surface area contributed by atoms with Crippen molar-refractivity contribution in [2.24, 2.45) is 0 Å². The molecule has 0 amide bonds. The molecule has 0 saturated heterocycles. The molecule has 1 aromatic carbocycles. The SMILES string of the molecule is CCCCCCCCCCCCCCCCCCc1cc([O-])cc(S(=O)(=O)O)c1.[Na+]. The molecule has 0 atom stereocenters. The van der Waals surface area contributed by atoms with Crippen LogP contribution in [0.25, 0.3) is 0 Å². The predicted octanol–water partition coefficient (Wildman–Crippen LogP) is 3.81. The molecule has 0 aliphatic heterocycles. The Hall–Kier alpha value is -0.0700. The Morgan fingerprint density at radius 3 is 1.50 bits per heavy atom. The first-order valence-corrected chi connectivity index (χ1v) is 13.2. The van der Waals surface area contributed by atoms with Gasteiger partial charge in [0.2, 0.25) is 0 Å². The molecule has 0 radical (unpaired) electrons. The molecule has 0 fully saturated rings. The summed E-state index contributed by atoms with van der Waals surface area (Å²) < 4.78 is 31.4. The molecular formula is C24H41NaO4S. The summed E-state index contributed by atoms with van der Waals surface area (Å²) in [5.74, 6) is -0.369. The van der Waals surface area contributed by atoms with Crippen LogP contribution in [0, 0.1) is 0 Å². The number of rotatable bonds is 18. The fourth-order valence-corrected chi connectivity index (χ4v) is 4.37. The van der Waals surface area contributed by atoms with Gasteiger partial charge in [-0.1, -0.05) is 109 Å². The van der Waals surface area contributed by atoms with Gasteiger partial charge in [0.15, 0.2) is 0 Å². The van der Waals surface area contributed by atoms with E-state index in [0.29, 0.717) is 12.0 Å². The van der Waals surface area contributed by atoms with Crippen LogP contribution in [0.1, 0.15) is 115 Å². The fourth-order valence-electron chi connectivity index (χ4n) is 3.80. The largest absolute Gasteiger partial charge is 1.00 e. The van der Waals surface area contributed by atoms with E-state index >= 15 is 0 Å². The third-order valence-electron chi connectivity index (χ3n) is 5.56. The Balaban J connectivity index is 0.00000841. The summed E-state index contributed by atoms with van der Waals surface area (Å²) in [5.41, 5.74) is 0.690. The van der Waals surface area contributed by atoms with E-state index in [9.17, 15) is 13.5 Å². The van der Waals surface area contributed by atoms with E-state index < -0.39 is 10.1 Å². The quantitative estimate of drug-likeness (QED) is 0.210. The van der Waals surface area contributed by atoms with Crippen LogP contribution in [0.5, 0.6) is 5.75 Å². The van der Waals surface area contributed by atoms with Gasteiger partial charge in [-0.2, -0.15) is 8.42 Å². The average Bonchev–Trinajstić information content (AvgIpc) is 2.66. The maximum Gasteiger partial charge on any atom is 1.00 e. The van der Waals surface area contributed by atoms with Crippen LogP contribution in [-0.4, -0.2) is 13.0 Å². The van der Waals surface area contributed by atoms with Crippen molar-refractivity contribution in [2.45, 2.75) is 121 Å². The molecule has 0 aliphatic carbocycles. The minimum atomic E-state index is -4.31. The van der Waals surface area contributed by atoms with Crippen molar-refractivity contribution in [3.05, 3.63) is 23.8 Å². The summed E-state index contributed by atoms with van der Waals surface area (Å²) in [6.07, 6.45) is 21.6. The molecule has 0 unspecified atom stereocenters. The number of unbranched alkanes of at least 4 members (excludes halogenated alkanes) is 15. The molecule has 0 aromatic heterocycles. The zero-order chi connectivity index (χ0) is 21.4. The minimum Gasteiger partial charge on any atom is -0.872 e. The third kappa shape index (κ3) is 15.7. The van der Waals surface area contributed by atoms with Crippen LogP contribution >= 0.6 is 0 Å². The van der Waals surface area contributed by atoms with Gasteiger partial charge in [0.1, 0.15) is 0 Å². The van der Waals surface area contributed by atoms with Crippen molar-refractivity contribution in [3.8, 4) is 5.75 Å². The average molecular weight is 449 g/mol. The van der Waals surface area contributed by atoms with Crippen LogP contribution < -0.4 is 34.7 Å². The van der Waals surface area contributed by atoms with Crippen LogP contribution in [-0.2, 0) is 16.5 Å². The van der Waals surface area contributed by atoms with Gasteiger partial charge < -0.3 is 5.11 Å². The maximum absolute atomic E-state index is 11.6. The molecule has 30 heavy (non-hydrogen) atoms. The second kappa shape index (κ2) is 18.5. The molecule has 1 rings (SSSR count). The van der Waals surface area contributed by atoms with Crippen molar-refractivity contribution >= 4 is 10.1 Å². The van der Waals surface area contributed by atoms with Crippen molar-refractivity contribution in [1.82, 2.24) is 0 Å². The number of hydrogen-bond donors (Lipinski definition) is 1. The molecule has 168 valence electrons. The summed E-state index contributed by atoms with van der Waals surface area (Å²) >= 11 is 0. The van der Waals surface area contributed by atoms with Gasteiger partial charge in [-0.05, 0) is 30.5 Å². The summed E-state index contributed by atoms with van der Waals surface area (Å²) in [7, 11) is -4.31. The number of aryl methyl sites for hydroxylation is 1. The summed E-state index contributed by atoms with van der Waals surface area (Å²) in [6.45, 7) is 2.26. The van der Waals surface area contributed by atoms with E-state index in [2.05, 4.69) is 6.92 Å². The summed E-state index contributed by atoms with van der Waals surface area (Å²) in [4.78, 5) is -0.295. The van der Waals surface area contributed by atoms with Gasteiger partial charge in [-0.3, -0.25) is 4.55 Å². The Morgan fingerprint density at radius 1 is 0.700 bits per heavy atom. The number of benzene rings is 1. The molecule has 0 bridgehead atoms. The normalized spacial score (nSPS) is 11.4. The molecule has 1 aromatic rings. The van der Waals surface area contributed by atoms with Crippen LogP contribution in [0.4, 0.5) is 0 Å². The van der Waals surface area contributed by atoms with E-state index in [1.54, 1.807) is 0 Å². The van der Waals surface area contributed by atoms with Crippen molar-refractivity contribution in [2.75, 3.05) is 0 Å². The van der Waals surface area contributed by atoms with Gasteiger partial charge in [0.25, 0.3) is 10.1 Å². The first-order valence-electron chi connectivity index (χ1n) is 11.7. The van der Waals surface area contributed by atoms with Gasteiger partial charge in [-0.15, -0.1) is 5.75 Å². The second-order valence-corrected chi connectivity index (χ2v) is 9.76. The maximum atomic E-state index is 11.6. The van der Waals surface area contributed by atoms with Crippen LogP contribution in [0.15, 0.2) is 23.1 Å². The first kappa shape index (κ1) is 29.9. The molecule has 0 heterocycles. The Kier molecular flexibility index (Phi) is 18.5. The molecule has 4 nitrogen and oxygen atoms in total. The molecule has 0 saturated carbocycles. The molecule has 0 aliphatic rings. The van der Waals surface area contributed by atoms with Crippen molar-refractivity contribution in [1.29, 1.82) is 0 Å². The van der Waals surface area contributed by atoms with E-state index in [-0.39, 0.29) is 40.2 Å². The standard InChI is InChI=1S/C24H42O4S.Na/c1-2-3-4-5-6-7-8-9-10-11-12-13-14-15-16-17-18-22-19-23(25)21-24(20-22)29(26,27)28;/h19-21,25H,2-18H2,1H3,(H,26,27,28);/q;+1/p-1. The fraction of sp³-hybridized carbons (Fsp3) is 0.750. The van der Waals surface area contributed by atoms with Crippen LogP contribution in [0.3, 0.4) is 0 Å². The zero-order valence-electron chi connectivity index (χ0n) is 19.3. The minimum absolute atomic E-state index is 0. The summed E-state index contributed by atoms with van der Waals surface area (Å²) in [6, 6.07) is 3.83. The Morgan fingerprint density at radius 2 is 1.10 bits per heavy atom. The Bertz CT molecular complexity index is 647. The van der Waals surface area contributed by atoms with Crippen molar-refractivity contribution in [3.63, 3.8) is 0 Å². The predicted molar refractivity (Wildman–Crippen MR) is 119 cm³/mol. The van der Waals surface area contributed by atoms with Gasteiger partial charge in [-0.25, -0.2) is 0 Å². The number of hydrogen-bond acceptors (Lipinski definition) is 3. The van der Waals surface area contributed by atoms with Crippen LogP contribution in [0.2, 0.25) is 0 Å². The van der Waals surface area contributed by atoms with Gasteiger partial charge in [0.05, 0.1) is 4.90 Å². The molecule has 0 spiro atoms. The van der Waals surface area contributed by atoms with E-state index in [0.717, 1.165) is 18.9 Å². The third-order valence-corrected chi connectivity index (χ3v) is 6.39.